The van der Waals surface area contributed by atoms with E-state index in [1.54, 1.807) is 0 Å². The molecule has 2 N–H and O–H groups in total. The minimum Gasteiger partial charge on any atom is -0.338 e. The molecule has 1 saturated heterocycles. The van der Waals surface area contributed by atoms with Gasteiger partial charge in [0.15, 0.2) is 0 Å². The third kappa shape index (κ3) is 3.47. The molecule has 104 valence electrons. The van der Waals surface area contributed by atoms with E-state index in [4.69, 9.17) is 5.73 Å². The van der Waals surface area contributed by atoms with Gasteiger partial charge in [-0.15, -0.1) is 0 Å². The van der Waals surface area contributed by atoms with Crippen molar-refractivity contribution in [2.24, 2.45) is 11.7 Å². The van der Waals surface area contributed by atoms with Crippen LogP contribution in [0.4, 0.5) is 0 Å². The Bertz CT molecular complexity index is 257. The van der Waals surface area contributed by atoms with Gasteiger partial charge in [-0.25, -0.2) is 0 Å². The summed E-state index contributed by atoms with van der Waals surface area (Å²) in [6.07, 6.45) is 12.3. The number of rotatable bonds is 2. The molecule has 0 aromatic carbocycles. The Morgan fingerprint density at radius 1 is 0.944 bits per heavy atom. The Labute approximate surface area is 111 Å². The molecule has 18 heavy (non-hydrogen) atoms. The highest BCUT2D eigenvalue weighted by Crippen LogP contribution is 2.26. The molecule has 2 rings (SSSR count). The van der Waals surface area contributed by atoms with Gasteiger partial charge in [0.05, 0.1) is 0 Å². The van der Waals surface area contributed by atoms with E-state index in [0.29, 0.717) is 18.5 Å². The first kappa shape index (κ1) is 13.9. The summed E-state index contributed by atoms with van der Waals surface area (Å²) in [5, 5.41) is 0. The quantitative estimate of drug-likeness (QED) is 0.821. The number of nitrogens with two attached hydrogens (primary N) is 1. The van der Waals surface area contributed by atoms with Gasteiger partial charge in [-0.2, -0.15) is 0 Å². The molecule has 1 aliphatic heterocycles. The first-order valence-electron chi connectivity index (χ1n) is 7.83. The van der Waals surface area contributed by atoms with Crippen molar-refractivity contribution in [3.05, 3.63) is 0 Å². The number of hydrogen-bond acceptors (Lipinski definition) is 2. The van der Waals surface area contributed by atoms with Gasteiger partial charge in [-0.3, -0.25) is 4.79 Å². The van der Waals surface area contributed by atoms with Crippen LogP contribution in [0.1, 0.15) is 64.2 Å². The van der Waals surface area contributed by atoms with Crippen LogP contribution in [0.3, 0.4) is 0 Å². The highest BCUT2D eigenvalue weighted by Gasteiger charge is 2.31. The zero-order valence-electron chi connectivity index (χ0n) is 11.6. The van der Waals surface area contributed by atoms with Gasteiger partial charge in [0.25, 0.3) is 0 Å². The smallest absolute Gasteiger partial charge is 0.225 e. The van der Waals surface area contributed by atoms with Crippen molar-refractivity contribution in [2.75, 3.05) is 13.1 Å². The first-order chi connectivity index (χ1) is 8.83. The van der Waals surface area contributed by atoms with E-state index in [0.717, 1.165) is 32.2 Å². The fourth-order valence-corrected chi connectivity index (χ4v) is 3.49. The number of nitrogens with zero attached hydrogens (tertiary/aromatic N) is 1. The highest BCUT2D eigenvalue weighted by atomic mass is 16.2. The molecular weight excluding hydrogens is 224 g/mol. The lowest BCUT2D eigenvalue weighted by molar-refractivity contribution is -0.136. The molecule has 0 spiro atoms. The van der Waals surface area contributed by atoms with Gasteiger partial charge < -0.3 is 10.6 Å². The van der Waals surface area contributed by atoms with Crippen molar-refractivity contribution in [3.63, 3.8) is 0 Å². The number of carbonyl (C=O) groups is 1. The molecular formula is C15H28N2O. The van der Waals surface area contributed by atoms with E-state index in [9.17, 15) is 4.79 Å². The lowest BCUT2D eigenvalue weighted by Gasteiger charge is -2.28. The summed E-state index contributed by atoms with van der Waals surface area (Å²) in [5.41, 5.74) is 5.78. The van der Waals surface area contributed by atoms with Crippen molar-refractivity contribution in [1.29, 1.82) is 0 Å². The zero-order valence-corrected chi connectivity index (χ0v) is 11.6. The van der Waals surface area contributed by atoms with Crippen LogP contribution < -0.4 is 5.73 Å². The lowest BCUT2D eigenvalue weighted by Crippen LogP contribution is -2.43. The molecule has 0 radical (unpaired) electrons. The molecule has 0 aromatic rings. The molecule has 3 nitrogen and oxygen atoms in total. The van der Waals surface area contributed by atoms with Gasteiger partial charge in [-0.05, 0) is 25.7 Å². The van der Waals surface area contributed by atoms with Gasteiger partial charge in [-0.1, -0.05) is 38.5 Å². The van der Waals surface area contributed by atoms with Crippen molar-refractivity contribution in [2.45, 2.75) is 70.3 Å². The summed E-state index contributed by atoms with van der Waals surface area (Å²) >= 11 is 0. The molecule has 3 heteroatoms. The maximum Gasteiger partial charge on any atom is 0.225 e. The van der Waals surface area contributed by atoms with E-state index < -0.39 is 0 Å². The molecule has 1 atom stereocenters. The zero-order chi connectivity index (χ0) is 12.8. The SMILES string of the molecule is NC[C@@H]1CCCN1C(=O)C1CCCCCCCC1. The standard InChI is InChI=1S/C15H28N2O/c16-12-14-10-7-11-17(14)15(18)13-8-5-3-1-2-4-6-9-13/h13-14H,1-12,16H2/t14-/m0/s1. The molecule has 1 aliphatic carbocycles. The Balaban J connectivity index is 1.92. The van der Waals surface area contributed by atoms with Crippen LogP contribution in [0.25, 0.3) is 0 Å². The Morgan fingerprint density at radius 3 is 2.17 bits per heavy atom. The van der Waals surface area contributed by atoms with Gasteiger partial charge >= 0.3 is 0 Å². The summed E-state index contributed by atoms with van der Waals surface area (Å²) in [7, 11) is 0. The molecule has 1 saturated carbocycles. The van der Waals surface area contributed by atoms with E-state index in [1.165, 1.54) is 38.5 Å². The van der Waals surface area contributed by atoms with Crippen LogP contribution >= 0.6 is 0 Å². The second-order valence-corrected chi connectivity index (χ2v) is 5.96. The molecule has 0 bridgehead atoms. The summed E-state index contributed by atoms with van der Waals surface area (Å²) in [5.74, 6) is 0.695. The fraction of sp³-hybridized carbons (Fsp3) is 0.933. The second-order valence-electron chi connectivity index (χ2n) is 5.96. The largest absolute Gasteiger partial charge is 0.338 e. The maximum atomic E-state index is 12.6. The third-order valence-corrected chi connectivity index (χ3v) is 4.64. The Morgan fingerprint density at radius 2 is 1.56 bits per heavy atom. The van der Waals surface area contributed by atoms with Crippen molar-refractivity contribution in [1.82, 2.24) is 4.90 Å². The summed E-state index contributed by atoms with van der Waals surface area (Å²) < 4.78 is 0. The van der Waals surface area contributed by atoms with Crippen LogP contribution in [0.2, 0.25) is 0 Å². The van der Waals surface area contributed by atoms with Crippen LogP contribution in [0, 0.1) is 5.92 Å². The molecule has 2 aliphatic rings. The van der Waals surface area contributed by atoms with Crippen molar-refractivity contribution < 1.29 is 4.79 Å². The summed E-state index contributed by atoms with van der Waals surface area (Å²) in [4.78, 5) is 14.7. The van der Waals surface area contributed by atoms with Crippen molar-refractivity contribution >= 4 is 5.91 Å². The fourth-order valence-electron chi connectivity index (χ4n) is 3.49. The van der Waals surface area contributed by atoms with Crippen molar-refractivity contribution in [3.8, 4) is 0 Å². The Kier molecular flexibility index (Phi) is 5.48. The predicted molar refractivity (Wildman–Crippen MR) is 74.2 cm³/mol. The van der Waals surface area contributed by atoms with E-state index >= 15 is 0 Å². The van der Waals surface area contributed by atoms with Gasteiger partial charge in [0, 0.05) is 25.0 Å². The normalized spacial score (nSPS) is 27.6. The van der Waals surface area contributed by atoms with Crippen LogP contribution in [0.15, 0.2) is 0 Å². The van der Waals surface area contributed by atoms with E-state index in [2.05, 4.69) is 4.90 Å². The second kappa shape index (κ2) is 7.13. The average molecular weight is 252 g/mol. The summed E-state index contributed by atoms with van der Waals surface area (Å²) in [6, 6.07) is 0.324. The predicted octanol–water partition coefficient (Wildman–Crippen LogP) is 2.69. The highest BCUT2D eigenvalue weighted by molar-refractivity contribution is 5.79. The topological polar surface area (TPSA) is 46.3 Å². The average Bonchev–Trinajstić information content (AvgIpc) is 2.90. The van der Waals surface area contributed by atoms with E-state index in [1.807, 2.05) is 0 Å². The summed E-state index contributed by atoms with van der Waals surface area (Å²) in [6.45, 7) is 1.58. The van der Waals surface area contributed by atoms with Crippen LogP contribution in [-0.2, 0) is 4.79 Å². The number of amides is 1. The molecule has 1 heterocycles. The molecule has 0 unspecified atom stereocenters. The maximum absolute atomic E-state index is 12.6. The first-order valence-corrected chi connectivity index (χ1v) is 7.83. The molecule has 0 aromatic heterocycles. The molecule has 2 fully saturated rings. The number of carbonyl (C=O) groups excluding carboxylic acids is 1. The lowest BCUT2D eigenvalue weighted by atomic mass is 9.95. The number of hydrogen-bond donors (Lipinski definition) is 1. The third-order valence-electron chi connectivity index (χ3n) is 4.64. The van der Waals surface area contributed by atoms with E-state index in [-0.39, 0.29) is 5.92 Å². The van der Waals surface area contributed by atoms with Crippen LogP contribution in [0.5, 0.6) is 0 Å². The monoisotopic (exact) mass is 252 g/mol. The minimum absolute atomic E-state index is 0.287. The van der Waals surface area contributed by atoms with Crippen LogP contribution in [-0.4, -0.2) is 29.9 Å². The molecule has 1 amide bonds. The number of likely N-dealkylation sites (tertiary alicyclic amines) is 1. The minimum atomic E-state index is 0.287. The van der Waals surface area contributed by atoms with Gasteiger partial charge in [0.2, 0.25) is 5.91 Å². The van der Waals surface area contributed by atoms with Gasteiger partial charge in [0.1, 0.15) is 0 Å². The Hall–Kier alpha value is -0.570.